The van der Waals surface area contributed by atoms with Gasteiger partial charge in [0.25, 0.3) is 15.9 Å². The molecule has 0 saturated heterocycles. The maximum absolute atomic E-state index is 13.2. The molecule has 0 fully saturated rings. The number of esters is 1. The number of hydrogen-bond donors (Lipinski definition) is 1. The SMILES string of the molecule is COC(=O)COc1cccc(/C=N\NC(=O)CN(c2ccccn2)S(=O)(=O)c2ccccc2)c1. The van der Waals surface area contributed by atoms with Gasteiger partial charge in [0.2, 0.25) is 0 Å². The number of amides is 1. The van der Waals surface area contributed by atoms with Crippen molar-refractivity contribution in [3.05, 3.63) is 84.6 Å². The van der Waals surface area contributed by atoms with Crippen molar-refractivity contribution in [3.63, 3.8) is 0 Å². The fraction of sp³-hybridized carbons (Fsp3) is 0.130. The number of pyridine rings is 1. The molecule has 1 N–H and O–H groups in total. The number of ether oxygens (including phenoxy) is 2. The zero-order chi connectivity index (χ0) is 24.4. The van der Waals surface area contributed by atoms with Crippen molar-refractivity contribution < 1.29 is 27.5 Å². The normalized spacial score (nSPS) is 11.1. The van der Waals surface area contributed by atoms with Crippen LogP contribution in [0.2, 0.25) is 0 Å². The first-order chi connectivity index (χ1) is 16.4. The number of carbonyl (C=O) groups excluding carboxylic acids is 2. The number of nitrogens with zero attached hydrogens (tertiary/aromatic N) is 3. The van der Waals surface area contributed by atoms with E-state index >= 15 is 0 Å². The van der Waals surface area contributed by atoms with E-state index < -0.39 is 28.4 Å². The maximum Gasteiger partial charge on any atom is 0.343 e. The van der Waals surface area contributed by atoms with Crippen molar-refractivity contribution >= 4 is 33.9 Å². The molecule has 0 radical (unpaired) electrons. The molecule has 0 saturated carbocycles. The minimum absolute atomic E-state index is 0.0284. The highest BCUT2D eigenvalue weighted by Crippen LogP contribution is 2.21. The van der Waals surface area contributed by atoms with Gasteiger partial charge in [-0.3, -0.25) is 4.79 Å². The molecule has 0 aliphatic carbocycles. The number of sulfonamides is 1. The molecule has 0 aliphatic heterocycles. The van der Waals surface area contributed by atoms with E-state index in [0.29, 0.717) is 11.3 Å². The third-order valence-electron chi connectivity index (χ3n) is 4.37. The van der Waals surface area contributed by atoms with Crippen LogP contribution < -0.4 is 14.5 Å². The molecule has 3 aromatic rings. The molecule has 1 aromatic heterocycles. The van der Waals surface area contributed by atoms with Crippen LogP contribution in [0.1, 0.15) is 5.56 Å². The van der Waals surface area contributed by atoms with E-state index in [1.807, 2.05) is 0 Å². The molecule has 2 aromatic carbocycles. The van der Waals surface area contributed by atoms with Crippen LogP contribution in [0.15, 0.2) is 89.0 Å². The molecular weight excluding hydrogens is 460 g/mol. The minimum Gasteiger partial charge on any atom is -0.482 e. The molecule has 1 amide bonds. The van der Waals surface area contributed by atoms with Gasteiger partial charge in [-0.15, -0.1) is 0 Å². The largest absolute Gasteiger partial charge is 0.482 e. The predicted octanol–water partition coefficient (Wildman–Crippen LogP) is 1.98. The first-order valence-electron chi connectivity index (χ1n) is 10.0. The second kappa shape index (κ2) is 11.6. The van der Waals surface area contributed by atoms with Crippen LogP contribution in [0.3, 0.4) is 0 Å². The Balaban J connectivity index is 1.70. The van der Waals surface area contributed by atoms with Crippen LogP contribution in [0, 0.1) is 0 Å². The summed E-state index contributed by atoms with van der Waals surface area (Å²) < 4.78 is 37.0. The zero-order valence-electron chi connectivity index (χ0n) is 18.2. The second-order valence-corrected chi connectivity index (χ2v) is 8.61. The van der Waals surface area contributed by atoms with Gasteiger partial charge >= 0.3 is 5.97 Å². The first-order valence-corrected chi connectivity index (χ1v) is 11.4. The van der Waals surface area contributed by atoms with Crippen LogP contribution in [-0.2, 0) is 24.3 Å². The fourth-order valence-electron chi connectivity index (χ4n) is 2.74. The van der Waals surface area contributed by atoms with Crippen LogP contribution in [0.25, 0.3) is 0 Å². The van der Waals surface area contributed by atoms with Gasteiger partial charge in [-0.25, -0.2) is 27.9 Å². The number of anilines is 1. The van der Waals surface area contributed by atoms with E-state index in [9.17, 15) is 18.0 Å². The molecule has 176 valence electrons. The molecule has 1 heterocycles. The number of rotatable bonds is 10. The number of hydrogen-bond acceptors (Lipinski definition) is 8. The van der Waals surface area contributed by atoms with Crippen molar-refractivity contribution in [1.82, 2.24) is 10.4 Å². The highest BCUT2D eigenvalue weighted by Gasteiger charge is 2.27. The Labute approximate surface area is 196 Å². The molecule has 0 atom stereocenters. The minimum atomic E-state index is -4.04. The lowest BCUT2D eigenvalue weighted by Gasteiger charge is -2.22. The lowest BCUT2D eigenvalue weighted by Crippen LogP contribution is -2.40. The van der Waals surface area contributed by atoms with Crippen LogP contribution >= 0.6 is 0 Å². The average Bonchev–Trinajstić information content (AvgIpc) is 2.87. The quantitative estimate of drug-likeness (QED) is 0.266. The van der Waals surface area contributed by atoms with E-state index in [0.717, 1.165) is 4.31 Å². The summed E-state index contributed by atoms with van der Waals surface area (Å²) in [5.74, 6) is -0.675. The topological polar surface area (TPSA) is 127 Å². The molecule has 0 bridgehead atoms. The number of methoxy groups -OCH3 is 1. The zero-order valence-corrected chi connectivity index (χ0v) is 19.0. The molecule has 11 heteroatoms. The third-order valence-corrected chi connectivity index (χ3v) is 6.13. The molecule has 3 rings (SSSR count). The molecule has 10 nitrogen and oxygen atoms in total. The van der Waals surface area contributed by atoms with Gasteiger partial charge < -0.3 is 9.47 Å². The van der Waals surface area contributed by atoms with E-state index in [2.05, 4.69) is 20.2 Å². The molecule has 0 unspecified atom stereocenters. The Morgan fingerprint density at radius 1 is 1.06 bits per heavy atom. The highest BCUT2D eigenvalue weighted by molar-refractivity contribution is 7.92. The Bertz CT molecular complexity index is 1250. The van der Waals surface area contributed by atoms with Crippen molar-refractivity contribution in [2.75, 3.05) is 24.6 Å². The molecular formula is C23H22N4O6S. The first kappa shape index (κ1) is 24.4. The van der Waals surface area contributed by atoms with Crippen molar-refractivity contribution in [2.45, 2.75) is 4.90 Å². The number of hydrazone groups is 1. The molecule has 0 aliphatic rings. The van der Waals surface area contributed by atoms with Crippen LogP contribution in [-0.4, -0.2) is 51.8 Å². The molecule has 0 spiro atoms. The van der Waals surface area contributed by atoms with Gasteiger partial charge in [0, 0.05) is 6.20 Å². The molecule has 34 heavy (non-hydrogen) atoms. The summed E-state index contributed by atoms with van der Waals surface area (Å²) in [7, 11) is -2.78. The number of benzene rings is 2. The van der Waals surface area contributed by atoms with Gasteiger partial charge in [0.05, 0.1) is 18.2 Å². The Morgan fingerprint density at radius 3 is 2.53 bits per heavy atom. The van der Waals surface area contributed by atoms with Gasteiger partial charge in [0.15, 0.2) is 6.61 Å². The second-order valence-electron chi connectivity index (χ2n) is 6.74. The van der Waals surface area contributed by atoms with Crippen LogP contribution in [0.5, 0.6) is 5.75 Å². The van der Waals surface area contributed by atoms with Gasteiger partial charge in [-0.05, 0) is 42.0 Å². The summed E-state index contributed by atoms with van der Waals surface area (Å²) >= 11 is 0. The Hall–Kier alpha value is -4.25. The summed E-state index contributed by atoms with van der Waals surface area (Å²) in [6.07, 6.45) is 2.80. The predicted molar refractivity (Wildman–Crippen MR) is 125 cm³/mol. The van der Waals surface area contributed by atoms with Crippen molar-refractivity contribution in [3.8, 4) is 5.75 Å². The summed E-state index contributed by atoms with van der Waals surface area (Å²) in [5, 5.41) is 3.88. The number of carbonyl (C=O) groups is 2. The number of aromatic nitrogens is 1. The van der Waals surface area contributed by atoms with Crippen LogP contribution in [0.4, 0.5) is 5.82 Å². The van der Waals surface area contributed by atoms with E-state index in [4.69, 9.17) is 4.74 Å². The summed E-state index contributed by atoms with van der Waals surface area (Å²) in [4.78, 5) is 27.8. The fourth-order valence-corrected chi connectivity index (χ4v) is 4.14. The Morgan fingerprint density at radius 2 is 1.82 bits per heavy atom. The van der Waals surface area contributed by atoms with E-state index in [1.165, 1.54) is 37.7 Å². The lowest BCUT2D eigenvalue weighted by molar-refractivity contribution is -0.142. The summed E-state index contributed by atoms with van der Waals surface area (Å²) in [6, 6.07) is 19.2. The summed E-state index contributed by atoms with van der Waals surface area (Å²) in [5.41, 5.74) is 2.90. The highest BCUT2D eigenvalue weighted by atomic mass is 32.2. The van der Waals surface area contributed by atoms with Gasteiger partial charge in [0.1, 0.15) is 18.1 Å². The van der Waals surface area contributed by atoms with Gasteiger partial charge in [-0.2, -0.15) is 5.10 Å². The maximum atomic E-state index is 13.2. The standard InChI is InChI=1S/C23H22N4O6S/c1-32-23(29)17-33-19-9-7-8-18(14-19)15-25-26-22(28)16-27(21-12-5-6-13-24-21)34(30,31)20-10-3-2-4-11-20/h2-15H,16-17H2,1H3,(H,26,28)/b25-15-. The van der Waals surface area contributed by atoms with E-state index in [-0.39, 0.29) is 17.3 Å². The van der Waals surface area contributed by atoms with Crippen molar-refractivity contribution in [1.29, 1.82) is 0 Å². The number of nitrogens with one attached hydrogen (secondary N) is 1. The third kappa shape index (κ3) is 6.62. The monoisotopic (exact) mass is 482 g/mol. The van der Waals surface area contributed by atoms with Gasteiger partial charge in [-0.1, -0.05) is 36.4 Å². The van der Waals surface area contributed by atoms with E-state index in [1.54, 1.807) is 54.6 Å². The lowest BCUT2D eigenvalue weighted by atomic mass is 10.2. The Kier molecular flexibility index (Phi) is 8.30. The average molecular weight is 483 g/mol. The van der Waals surface area contributed by atoms with Crippen molar-refractivity contribution in [2.24, 2.45) is 5.10 Å². The smallest absolute Gasteiger partial charge is 0.343 e. The summed E-state index contributed by atoms with van der Waals surface area (Å²) in [6.45, 7) is -0.777.